The van der Waals surface area contributed by atoms with Crippen molar-refractivity contribution in [3.63, 3.8) is 0 Å². The van der Waals surface area contributed by atoms with Crippen LogP contribution in [0.25, 0.3) is 0 Å². The van der Waals surface area contributed by atoms with Crippen LogP contribution in [0.3, 0.4) is 0 Å². The summed E-state index contributed by atoms with van der Waals surface area (Å²) < 4.78 is 38.6. The van der Waals surface area contributed by atoms with E-state index in [0.717, 1.165) is 12.1 Å². The van der Waals surface area contributed by atoms with Crippen LogP contribution in [0.5, 0.6) is 0 Å². The van der Waals surface area contributed by atoms with E-state index in [1.807, 2.05) is 20.8 Å². The summed E-state index contributed by atoms with van der Waals surface area (Å²) in [5.41, 5.74) is -0.132. The minimum atomic E-state index is -3.53. The summed E-state index contributed by atoms with van der Waals surface area (Å²) in [6.07, 6.45) is 0. The van der Waals surface area contributed by atoms with Crippen molar-refractivity contribution in [3.05, 3.63) is 30.1 Å². The normalized spacial score (nSPS) is 12.8. The summed E-state index contributed by atoms with van der Waals surface area (Å²) in [7, 11) is -3.53. The number of hydrogen-bond donors (Lipinski definition) is 1. The molecule has 0 amide bonds. The van der Waals surface area contributed by atoms with E-state index in [2.05, 4.69) is 4.72 Å². The van der Waals surface area contributed by atoms with Gasteiger partial charge in [-0.2, -0.15) is 0 Å². The Morgan fingerprint density at radius 2 is 1.69 bits per heavy atom. The number of rotatable bonds is 3. The number of hydrogen-bond acceptors (Lipinski definition) is 2. The third-order valence-corrected chi connectivity index (χ3v) is 3.33. The van der Waals surface area contributed by atoms with Crippen molar-refractivity contribution >= 4 is 10.0 Å². The van der Waals surface area contributed by atoms with Gasteiger partial charge in [0.05, 0.1) is 4.90 Å². The van der Waals surface area contributed by atoms with Crippen LogP contribution in [0.4, 0.5) is 4.39 Å². The Bertz CT molecular complexity index is 446. The fourth-order valence-electron chi connectivity index (χ4n) is 1.01. The second-order valence-corrected chi connectivity index (χ2v) is 6.61. The molecule has 1 aromatic carbocycles. The zero-order chi connectivity index (χ0) is 12.4. The molecule has 0 aliphatic carbocycles. The van der Waals surface area contributed by atoms with Crippen molar-refractivity contribution in [1.29, 1.82) is 0 Å². The number of halogens is 1. The molecule has 0 spiro atoms. The lowest BCUT2D eigenvalue weighted by Gasteiger charge is -2.18. The first-order valence-electron chi connectivity index (χ1n) is 4.96. The average Bonchev–Trinajstić information content (AvgIpc) is 2.15. The van der Waals surface area contributed by atoms with Crippen LogP contribution in [-0.2, 0) is 10.0 Å². The highest BCUT2D eigenvalue weighted by Crippen LogP contribution is 2.14. The maximum absolute atomic E-state index is 12.6. The van der Waals surface area contributed by atoms with E-state index in [1.54, 1.807) is 0 Å². The molecular formula is C11H16FNO2S. The molecule has 1 N–H and O–H groups in total. The molecule has 0 aromatic heterocycles. The topological polar surface area (TPSA) is 46.2 Å². The quantitative estimate of drug-likeness (QED) is 0.887. The Morgan fingerprint density at radius 1 is 1.19 bits per heavy atom. The molecule has 0 fully saturated rings. The van der Waals surface area contributed by atoms with Crippen LogP contribution in [0.1, 0.15) is 20.8 Å². The summed E-state index contributed by atoms with van der Waals surface area (Å²) in [5, 5.41) is 0. The summed E-state index contributed by atoms with van der Waals surface area (Å²) >= 11 is 0. The second kappa shape index (κ2) is 4.51. The Hall–Kier alpha value is -0.940. The minimum absolute atomic E-state index is 0.0816. The van der Waals surface area contributed by atoms with Gasteiger partial charge in [0.25, 0.3) is 0 Å². The maximum Gasteiger partial charge on any atom is 0.240 e. The third-order valence-electron chi connectivity index (χ3n) is 1.92. The lowest BCUT2D eigenvalue weighted by molar-refractivity contribution is 0.407. The Labute approximate surface area is 95.7 Å². The lowest BCUT2D eigenvalue weighted by atomic mass is 9.98. The van der Waals surface area contributed by atoms with Gasteiger partial charge in [-0.3, -0.25) is 0 Å². The molecule has 0 atom stereocenters. The number of sulfonamides is 1. The third kappa shape index (κ3) is 3.90. The molecule has 90 valence electrons. The van der Waals surface area contributed by atoms with E-state index >= 15 is 0 Å². The molecule has 0 unspecified atom stereocenters. The van der Waals surface area contributed by atoms with E-state index in [1.165, 1.54) is 12.1 Å². The first-order chi connectivity index (χ1) is 7.21. The predicted octanol–water partition coefficient (Wildman–Crippen LogP) is 2.15. The highest BCUT2D eigenvalue weighted by atomic mass is 32.2. The first-order valence-corrected chi connectivity index (χ1v) is 6.44. The van der Waals surface area contributed by atoms with Crippen molar-refractivity contribution in [2.24, 2.45) is 5.41 Å². The fraction of sp³-hybridized carbons (Fsp3) is 0.455. The van der Waals surface area contributed by atoms with E-state index in [0.29, 0.717) is 6.54 Å². The van der Waals surface area contributed by atoms with Crippen molar-refractivity contribution < 1.29 is 12.8 Å². The van der Waals surface area contributed by atoms with Crippen LogP contribution in [-0.4, -0.2) is 15.0 Å². The van der Waals surface area contributed by atoms with E-state index < -0.39 is 15.8 Å². The van der Waals surface area contributed by atoms with Gasteiger partial charge in [0, 0.05) is 6.54 Å². The van der Waals surface area contributed by atoms with Crippen molar-refractivity contribution in [2.75, 3.05) is 6.54 Å². The molecule has 0 aliphatic heterocycles. The number of benzene rings is 1. The Morgan fingerprint density at radius 3 is 2.12 bits per heavy atom. The van der Waals surface area contributed by atoms with Crippen LogP contribution >= 0.6 is 0 Å². The first kappa shape index (κ1) is 13.1. The van der Waals surface area contributed by atoms with E-state index in [-0.39, 0.29) is 10.3 Å². The van der Waals surface area contributed by atoms with Gasteiger partial charge in [-0.05, 0) is 29.7 Å². The predicted molar refractivity (Wildman–Crippen MR) is 61.0 cm³/mol. The summed E-state index contributed by atoms with van der Waals surface area (Å²) in [5.74, 6) is -0.449. The molecule has 0 heterocycles. The van der Waals surface area contributed by atoms with E-state index in [9.17, 15) is 12.8 Å². The lowest BCUT2D eigenvalue weighted by Crippen LogP contribution is -2.32. The monoisotopic (exact) mass is 245 g/mol. The van der Waals surface area contributed by atoms with E-state index in [4.69, 9.17) is 0 Å². The molecule has 5 heteroatoms. The Balaban J connectivity index is 2.83. The van der Waals surface area contributed by atoms with Crippen LogP contribution < -0.4 is 4.72 Å². The van der Waals surface area contributed by atoms with Gasteiger partial charge in [-0.15, -0.1) is 0 Å². The molecule has 0 saturated carbocycles. The minimum Gasteiger partial charge on any atom is -0.211 e. The van der Waals surface area contributed by atoms with Crippen LogP contribution in [0.15, 0.2) is 29.2 Å². The fourth-order valence-corrected chi connectivity index (χ4v) is 2.29. The van der Waals surface area contributed by atoms with Crippen LogP contribution in [0, 0.1) is 11.2 Å². The van der Waals surface area contributed by atoms with Crippen molar-refractivity contribution in [2.45, 2.75) is 25.7 Å². The molecule has 3 nitrogen and oxygen atoms in total. The molecule has 0 saturated heterocycles. The summed E-state index contributed by atoms with van der Waals surface area (Å²) in [6, 6.07) is 4.76. The highest BCUT2D eigenvalue weighted by Gasteiger charge is 2.18. The van der Waals surface area contributed by atoms with Crippen molar-refractivity contribution in [1.82, 2.24) is 4.72 Å². The smallest absolute Gasteiger partial charge is 0.211 e. The molecule has 1 rings (SSSR count). The summed E-state index contributed by atoms with van der Waals surface area (Å²) in [6.45, 7) is 6.13. The zero-order valence-corrected chi connectivity index (χ0v) is 10.4. The number of nitrogens with one attached hydrogen (secondary N) is 1. The molecule has 16 heavy (non-hydrogen) atoms. The van der Waals surface area contributed by atoms with Gasteiger partial charge in [-0.25, -0.2) is 17.5 Å². The molecule has 0 radical (unpaired) electrons. The SMILES string of the molecule is CC(C)(C)CNS(=O)(=O)c1ccc(F)cc1. The van der Waals surface area contributed by atoms with Gasteiger partial charge in [-0.1, -0.05) is 20.8 Å². The van der Waals surface area contributed by atoms with Gasteiger partial charge >= 0.3 is 0 Å². The molecule has 0 bridgehead atoms. The zero-order valence-electron chi connectivity index (χ0n) is 9.62. The second-order valence-electron chi connectivity index (χ2n) is 4.84. The standard InChI is InChI=1S/C11H16FNO2S/c1-11(2,3)8-13-16(14,15)10-6-4-9(12)5-7-10/h4-7,13H,8H2,1-3H3. The molecule has 0 aliphatic rings. The molecular weight excluding hydrogens is 229 g/mol. The maximum atomic E-state index is 12.6. The molecule has 1 aromatic rings. The van der Waals surface area contributed by atoms with Gasteiger partial charge in [0.15, 0.2) is 0 Å². The highest BCUT2D eigenvalue weighted by molar-refractivity contribution is 7.89. The Kier molecular flexibility index (Phi) is 3.70. The summed E-state index contributed by atoms with van der Waals surface area (Å²) in [4.78, 5) is 0.0816. The van der Waals surface area contributed by atoms with Crippen molar-refractivity contribution in [3.8, 4) is 0 Å². The van der Waals surface area contributed by atoms with Gasteiger partial charge in [0.2, 0.25) is 10.0 Å². The largest absolute Gasteiger partial charge is 0.240 e. The van der Waals surface area contributed by atoms with Crippen LogP contribution in [0.2, 0.25) is 0 Å². The average molecular weight is 245 g/mol. The van der Waals surface area contributed by atoms with Gasteiger partial charge in [0.1, 0.15) is 5.82 Å². The van der Waals surface area contributed by atoms with Gasteiger partial charge < -0.3 is 0 Å².